The molecular weight excluding hydrogens is 248 g/mol. The number of nitrogens with zero attached hydrogens (tertiary/aromatic N) is 1. The first-order valence-corrected chi connectivity index (χ1v) is 6.64. The molecule has 3 nitrogen and oxygen atoms in total. The van der Waals surface area contributed by atoms with Gasteiger partial charge in [-0.1, -0.05) is 18.5 Å². The molecule has 1 fully saturated rings. The Morgan fingerprint density at radius 1 is 1.39 bits per heavy atom. The summed E-state index contributed by atoms with van der Waals surface area (Å²) in [4.78, 5) is 11.8. The SMILES string of the molecule is CC1CCC/C(=N/NC(=O)c2ccc(Cl)cc2)C1. The van der Waals surface area contributed by atoms with Gasteiger partial charge >= 0.3 is 0 Å². The number of hydrazone groups is 1. The van der Waals surface area contributed by atoms with Crippen LogP contribution in [0.1, 0.15) is 43.0 Å². The zero-order chi connectivity index (χ0) is 13.0. The molecule has 1 saturated carbocycles. The van der Waals surface area contributed by atoms with Crippen molar-refractivity contribution in [1.82, 2.24) is 5.43 Å². The molecule has 18 heavy (non-hydrogen) atoms. The van der Waals surface area contributed by atoms with E-state index in [-0.39, 0.29) is 5.91 Å². The predicted molar refractivity (Wildman–Crippen MR) is 74.0 cm³/mol. The Labute approximate surface area is 112 Å². The second-order valence-electron chi connectivity index (χ2n) is 4.83. The molecule has 0 spiro atoms. The van der Waals surface area contributed by atoms with Crippen molar-refractivity contribution in [2.45, 2.75) is 32.6 Å². The highest BCUT2D eigenvalue weighted by molar-refractivity contribution is 6.30. The van der Waals surface area contributed by atoms with E-state index in [0.29, 0.717) is 16.5 Å². The number of amides is 1. The van der Waals surface area contributed by atoms with E-state index in [2.05, 4.69) is 17.5 Å². The van der Waals surface area contributed by atoms with Crippen molar-refractivity contribution >= 4 is 23.2 Å². The lowest BCUT2D eigenvalue weighted by atomic mass is 9.89. The van der Waals surface area contributed by atoms with Crippen LogP contribution in [0.2, 0.25) is 5.02 Å². The highest BCUT2D eigenvalue weighted by atomic mass is 35.5. The Morgan fingerprint density at radius 2 is 2.11 bits per heavy atom. The zero-order valence-electron chi connectivity index (χ0n) is 10.4. The molecule has 1 aromatic carbocycles. The van der Waals surface area contributed by atoms with Crippen molar-refractivity contribution in [3.05, 3.63) is 34.9 Å². The van der Waals surface area contributed by atoms with Crippen molar-refractivity contribution in [3.8, 4) is 0 Å². The Balaban J connectivity index is 1.95. The van der Waals surface area contributed by atoms with E-state index in [0.717, 1.165) is 25.0 Å². The molecule has 2 rings (SSSR count). The van der Waals surface area contributed by atoms with Crippen LogP contribution < -0.4 is 5.43 Å². The van der Waals surface area contributed by atoms with Crippen LogP contribution in [-0.2, 0) is 0 Å². The molecule has 1 aromatic rings. The van der Waals surface area contributed by atoms with E-state index < -0.39 is 0 Å². The van der Waals surface area contributed by atoms with Gasteiger partial charge in [-0.3, -0.25) is 4.79 Å². The number of nitrogens with one attached hydrogen (secondary N) is 1. The lowest BCUT2D eigenvalue weighted by molar-refractivity contribution is 0.0954. The summed E-state index contributed by atoms with van der Waals surface area (Å²) in [6.45, 7) is 2.22. The topological polar surface area (TPSA) is 41.5 Å². The minimum absolute atomic E-state index is 0.183. The van der Waals surface area contributed by atoms with Gasteiger partial charge in [-0.2, -0.15) is 5.10 Å². The van der Waals surface area contributed by atoms with E-state index in [1.54, 1.807) is 24.3 Å². The summed E-state index contributed by atoms with van der Waals surface area (Å²) in [5, 5.41) is 4.84. The van der Waals surface area contributed by atoms with Gasteiger partial charge in [0.05, 0.1) is 0 Å². The molecule has 96 valence electrons. The maximum Gasteiger partial charge on any atom is 0.271 e. The molecule has 1 atom stereocenters. The Bertz CT molecular complexity index is 453. The molecule has 1 aliphatic carbocycles. The van der Waals surface area contributed by atoms with E-state index in [4.69, 9.17) is 11.6 Å². The lowest BCUT2D eigenvalue weighted by Crippen LogP contribution is -2.22. The molecule has 4 heteroatoms. The van der Waals surface area contributed by atoms with Gasteiger partial charge in [0.15, 0.2) is 0 Å². The standard InChI is InChI=1S/C14H17ClN2O/c1-10-3-2-4-13(9-10)16-17-14(18)11-5-7-12(15)8-6-11/h5-8,10H,2-4,9H2,1H3,(H,17,18)/b16-13-. The van der Waals surface area contributed by atoms with Gasteiger partial charge in [0.2, 0.25) is 0 Å². The monoisotopic (exact) mass is 264 g/mol. The summed E-state index contributed by atoms with van der Waals surface area (Å²) in [5.74, 6) is 0.488. The van der Waals surface area contributed by atoms with Crippen LogP contribution >= 0.6 is 11.6 Å². The Morgan fingerprint density at radius 3 is 2.78 bits per heavy atom. The number of hydrogen-bond acceptors (Lipinski definition) is 2. The van der Waals surface area contributed by atoms with E-state index in [1.165, 1.54) is 6.42 Å². The molecule has 0 aromatic heterocycles. The first kappa shape index (κ1) is 13.1. The van der Waals surface area contributed by atoms with Crippen LogP contribution in [0.3, 0.4) is 0 Å². The number of benzene rings is 1. The number of hydrogen-bond donors (Lipinski definition) is 1. The second kappa shape index (κ2) is 6.01. The first-order valence-electron chi connectivity index (χ1n) is 6.26. The summed E-state index contributed by atoms with van der Waals surface area (Å²) >= 11 is 5.77. The van der Waals surface area contributed by atoms with E-state index in [1.807, 2.05) is 0 Å². The summed E-state index contributed by atoms with van der Waals surface area (Å²) in [5.41, 5.74) is 4.28. The third-order valence-corrected chi connectivity index (χ3v) is 3.42. The molecule has 1 aliphatic rings. The molecule has 0 radical (unpaired) electrons. The van der Waals surface area contributed by atoms with Crippen molar-refractivity contribution in [3.63, 3.8) is 0 Å². The average Bonchev–Trinajstić information content (AvgIpc) is 2.37. The minimum atomic E-state index is -0.183. The highest BCUT2D eigenvalue weighted by Crippen LogP contribution is 2.21. The fraction of sp³-hybridized carbons (Fsp3) is 0.429. The van der Waals surface area contributed by atoms with Crippen LogP contribution in [0.4, 0.5) is 0 Å². The quantitative estimate of drug-likeness (QED) is 0.814. The number of carbonyl (C=O) groups is 1. The van der Waals surface area contributed by atoms with Crippen molar-refractivity contribution < 1.29 is 4.79 Å². The van der Waals surface area contributed by atoms with Gasteiger partial charge in [-0.25, -0.2) is 5.43 Å². The number of carbonyl (C=O) groups excluding carboxylic acids is 1. The summed E-state index contributed by atoms with van der Waals surface area (Å²) in [6.07, 6.45) is 4.40. The molecule has 1 amide bonds. The fourth-order valence-corrected chi connectivity index (χ4v) is 2.28. The summed E-state index contributed by atoms with van der Waals surface area (Å²) in [6, 6.07) is 6.79. The maximum absolute atomic E-state index is 11.8. The second-order valence-corrected chi connectivity index (χ2v) is 5.26. The van der Waals surface area contributed by atoms with Crippen molar-refractivity contribution in [2.75, 3.05) is 0 Å². The fourth-order valence-electron chi connectivity index (χ4n) is 2.16. The minimum Gasteiger partial charge on any atom is -0.267 e. The third kappa shape index (κ3) is 3.57. The zero-order valence-corrected chi connectivity index (χ0v) is 11.2. The Kier molecular flexibility index (Phi) is 4.37. The first-order chi connectivity index (χ1) is 8.65. The van der Waals surface area contributed by atoms with Crippen LogP contribution in [0.25, 0.3) is 0 Å². The third-order valence-electron chi connectivity index (χ3n) is 3.17. The highest BCUT2D eigenvalue weighted by Gasteiger charge is 2.14. The van der Waals surface area contributed by atoms with Crippen LogP contribution in [0.15, 0.2) is 29.4 Å². The molecule has 0 aliphatic heterocycles. The molecule has 0 bridgehead atoms. The van der Waals surface area contributed by atoms with Crippen LogP contribution in [0, 0.1) is 5.92 Å². The molecule has 1 unspecified atom stereocenters. The average molecular weight is 265 g/mol. The van der Waals surface area contributed by atoms with Crippen LogP contribution in [-0.4, -0.2) is 11.6 Å². The smallest absolute Gasteiger partial charge is 0.267 e. The van der Waals surface area contributed by atoms with Crippen LogP contribution in [0.5, 0.6) is 0 Å². The van der Waals surface area contributed by atoms with Gasteiger partial charge < -0.3 is 0 Å². The molecular formula is C14H17ClN2O. The summed E-state index contributed by atoms with van der Waals surface area (Å²) < 4.78 is 0. The largest absolute Gasteiger partial charge is 0.271 e. The number of halogens is 1. The van der Waals surface area contributed by atoms with Crippen molar-refractivity contribution in [1.29, 1.82) is 0 Å². The predicted octanol–water partition coefficient (Wildman–Crippen LogP) is 3.64. The van der Waals surface area contributed by atoms with Gasteiger partial charge in [0.1, 0.15) is 0 Å². The molecule has 0 saturated heterocycles. The maximum atomic E-state index is 11.8. The van der Waals surface area contributed by atoms with E-state index >= 15 is 0 Å². The van der Waals surface area contributed by atoms with E-state index in [9.17, 15) is 4.79 Å². The lowest BCUT2D eigenvalue weighted by Gasteiger charge is -2.18. The van der Waals surface area contributed by atoms with Gasteiger partial charge in [0.25, 0.3) is 5.91 Å². The van der Waals surface area contributed by atoms with Gasteiger partial charge in [-0.15, -0.1) is 0 Å². The normalized spacial score (nSPS) is 21.9. The molecule has 0 heterocycles. The Hall–Kier alpha value is -1.35. The van der Waals surface area contributed by atoms with Crippen molar-refractivity contribution in [2.24, 2.45) is 11.0 Å². The van der Waals surface area contributed by atoms with Gasteiger partial charge in [0, 0.05) is 16.3 Å². The summed E-state index contributed by atoms with van der Waals surface area (Å²) in [7, 11) is 0. The molecule has 1 N–H and O–H groups in total. The number of rotatable bonds is 2. The van der Waals surface area contributed by atoms with Gasteiger partial charge in [-0.05, 0) is 55.9 Å².